The Hall–Kier alpha value is -2.36. The summed E-state index contributed by atoms with van der Waals surface area (Å²) in [6.45, 7) is 2.52. The number of amides is 1. The molecule has 104 valence electrons. The molecule has 2 rings (SSSR count). The summed E-state index contributed by atoms with van der Waals surface area (Å²) in [5, 5.41) is 2.89. The largest absolute Gasteiger partial charge is 0.496 e. The van der Waals surface area contributed by atoms with Crippen LogP contribution >= 0.6 is 0 Å². The van der Waals surface area contributed by atoms with E-state index in [0.29, 0.717) is 17.9 Å². The zero-order valence-electron chi connectivity index (χ0n) is 11.7. The number of nitrogens with one attached hydrogen (secondary N) is 1. The van der Waals surface area contributed by atoms with Gasteiger partial charge in [0.25, 0.3) is 5.91 Å². The van der Waals surface area contributed by atoms with E-state index in [9.17, 15) is 4.79 Å². The number of hydrogen-bond acceptors (Lipinski definition) is 3. The lowest BCUT2D eigenvalue weighted by atomic mass is 10.1. The summed E-state index contributed by atoms with van der Waals surface area (Å²) in [7, 11) is 1.56. The van der Waals surface area contributed by atoms with Crippen molar-refractivity contribution in [2.24, 2.45) is 0 Å². The topological polar surface area (TPSA) is 51.2 Å². The molecule has 1 aromatic carbocycles. The van der Waals surface area contributed by atoms with Gasteiger partial charge in [0.15, 0.2) is 0 Å². The van der Waals surface area contributed by atoms with Crippen molar-refractivity contribution in [1.82, 2.24) is 10.3 Å². The third-order valence-corrected chi connectivity index (χ3v) is 3.02. The molecule has 1 amide bonds. The van der Waals surface area contributed by atoms with Gasteiger partial charge in [-0.25, -0.2) is 0 Å². The van der Waals surface area contributed by atoms with Crippen molar-refractivity contribution in [3.63, 3.8) is 0 Å². The van der Waals surface area contributed by atoms with Gasteiger partial charge in [-0.1, -0.05) is 18.2 Å². The van der Waals surface area contributed by atoms with Gasteiger partial charge in [-0.15, -0.1) is 0 Å². The molecule has 0 fully saturated rings. The Kier molecular flexibility index (Phi) is 4.71. The van der Waals surface area contributed by atoms with Crippen molar-refractivity contribution >= 4 is 5.91 Å². The molecule has 0 spiro atoms. The molecule has 0 saturated carbocycles. The summed E-state index contributed by atoms with van der Waals surface area (Å²) in [5.41, 5.74) is 2.65. The SMILES string of the molecule is COc1ccccc1C(=O)NCCc1ccc(C)nc1. The van der Waals surface area contributed by atoms with Gasteiger partial charge in [-0.05, 0) is 37.1 Å². The standard InChI is InChI=1S/C16H18N2O2/c1-12-7-8-13(11-18-12)9-10-17-16(19)14-5-3-4-6-15(14)20-2/h3-8,11H,9-10H2,1-2H3,(H,17,19). The Balaban J connectivity index is 1.90. The Morgan fingerprint density at radius 3 is 2.75 bits per heavy atom. The maximum Gasteiger partial charge on any atom is 0.255 e. The van der Waals surface area contributed by atoms with Gasteiger partial charge in [-0.3, -0.25) is 9.78 Å². The van der Waals surface area contributed by atoms with E-state index in [2.05, 4.69) is 10.3 Å². The van der Waals surface area contributed by atoms with E-state index in [1.54, 1.807) is 19.2 Å². The average Bonchev–Trinajstić information content (AvgIpc) is 2.49. The van der Waals surface area contributed by atoms with Gasteiger partial charge in [0.2, 0.25) is 0 Å². The quantitative estimate of drug-likeness (QED) is 0.907. The van der Waals surface area contributed by atoms with Crippen molar-refractivity contribution in [3.05, 3.63) is 59.4 Å². The summed E-state index contributed by atoms with van der Waals surface area (Å²) in [6, 6.07) is 11.2. The van der Waals surface area contributed by atoms with Gasteiger partial charge >= 0.3 is 0 Å². The molecule has 0 aliphatic rings. The van der Waals surface area contributed by atoms with Crippen LogP contribution in [0.2, 0.25) is 0 Å². The number of benzene rings is 1. The maximum absolute atomic E-state index is 12.1. The van der Waals surface area contributed by atoms with Gasteiger partial charge in [0.05, 0.1) is 12.7 Å². The first kappa shape index (κ1) is 14.1. The van der Waals surface area contributed by atoms with E-state index in [1.165, 1.54) is 0 Å². The zero-order chi connectivity index (χ0) is 14.4. The summed E-state index contributed by atoms with van der Waals surface area (Å²) >= 11 is 0. The number of aromatic nitrogens is 1. The summed E-state index contributed by atoms with van der Waals surface area (Å²) < 4.78 is 5.17. The van der Waals surface area contributed by atoms with Crippen molar-refractivity contribution in [2.45, 2.75) is 13.3 Å². The molecule has 1 aromatic heterocycles. The van der Waals surface area contributed by atoms with Crippen molar-refractivity contribution in [2.75, 3.05) is 13.7 Å². The fourth-order valence-electron chi connectivity index (χ4n) is 1.89. The second-order valence-corrected chi connectivity index (χ2v) is 4.51. The van der Waals surface area contributed by atoms with Crippen LogP contribution in [0, 0.1) is 6.92 Å². The number of hydrogen-bond donors (Lipinski definition) is 1. The minimum atomic E-state index is -0.123. The molecule has 0 atom stereocenters. The summed E-state index contributed by atoms with van der Waals surface area (Å²) in [4.78, 5) is 16.3. The molecular weight excluding hydrogens is 252 g/mol. The van der Waals surface area contributed by atoms with Crippen molar-refractivity contribution < 1.29 is 9.53 Å². The van der Waals surface area contributed by atoms with Crippen LogP contribution in [0.1, 0.15) is 21.6 Å². The number of carbonyl (C=O) groups excluding carboxylic acids is 1. The Morgan fingerprint density at radius 1 is 1.25 bits per heavy atom. The lowest BCUT2D eigenvalue weighted by Crippen LogP contribution is -2.26. The van der Waals surface area contributed by atoms with E-state index in [0.717, 1.165) is 17.7 Å². The Labute approximate surface area is 118 Å². The van der Waals surface area contributed by atoms with Gasteiger partial charge < -0.3 is 10.1 Å². The lowest BCUT2D eigenvalue weighted by Gasteiger charge is -2.09. The smallest absolute Gasteiger partial charge is 0.255 e. The predicted molar refractivity (Wildman–Crippen MR) is 78.0 cm³/mol. The molecule has 20 heavy (non-hydrogen) atoms. The van der Waals surface area contributed by atoms with Crippen LogP contribution in [0.25, 0.3) is 0 Å². The first-order valence-corrected chi connectivity index (χ1v) is 6.53. The molecule has 0 bridgehead atoms. The fraction of sp³-hybridized carbons (Fsp3) is 0.250. The van der Waals surface area contributed by atoms with Crippen LogP contribution in [-0.2, 0) is 6.42 Å². The highest BCUT2D eigenvalue weighted by atomic mass is 16.5. The fourth-order valence-corrected chi connectivity index (χ4v) is 1.89. The molecule has 0 saturated heterocycles. The minimum Gasteiger partial charge on any atom is -0.496 e. The van der Waals surface area contributed by atoms with Gasteiger partial charge in [-0.2, -0.15) is 0 Å². The zero-order valence-corrected chi connectivity index (χ0v) is 11.7. The van der Waals surface area contributed by atoms with Crippen LogP contribution in [0.5, 0.6) is 5.75 Å². The van der Waals surface area contributed by atoms with E-state index in [1.807, 2.05) is 37.4 Å². The second-order valence-electron chi connectivity index (χ2n) is 4.51. The van der Waals surface area contributed by atoms with Crippen molar-refractivity contribution in [1.29, 1.82) is 0 Å². The number of methoxy groups -OCH3 is 1. The normalized spacial score (nSPS) is 10.1. The third-order valence-electron chi connectivity index (χ3n) is 3.02. The Bertz CT molecular complexity index is 579. The first-order chi connectivity index (χ1) is 9.70. The number of para-hydroxylation sites is 1. The van der Waals surface area contributed by atoms with Crippen LogP contribution in [0.3, 0.4) is 0 Å². The molecule has 0 aliphatic heterocycles. The highest BCUT2D eigenvalue weighted by molar-refractivity contribution is 5.96. The van der Waals surface area contributed by atoms with Crippen molar-refractivity contribution in [3.8, 4) is 5.75 Å². The molecule has 2 aromatic rings. The van der Waals surface area contributed by atoms with E-state index >= 15 is 0 Å². The van der Waals surface area contributed by atoms with E-state index < -0.39 is 0 Å². The van der Waals surface area contributed by atoms with Crippen LogP contribution in [0.15, 0.2) is 42.6 Å². The average molecular weight is 270 g/mol. The third kappa shape index (κ3) is 3.57. The molecular formula is C16H18N2O2. The molecule has 0 radical (unpaired) electrons. The van der Waals surface area contributed by atoms with Crippen LogP contribution in [-0.4, -0.2) is 24.5 Å². The predicted octanol–water partition coefficient (Wildman–Crippen LogP) is 2.37. The second kappa shape index (κ2) is 6.70. The highest BCUT2D eigenvalue weighted by Crippen LogP contribution is 2.16. The molecule has 1 heterocycles. The molecule has 1 N–H and O–H groups in total. The number of rotatable bonds is 5. The van der Waals surface area contributed by atoms with Crippen LogP contribution < -0.4 is 10.1 Å². The minimum absolute atomic E-state index is 0.123. The van der Waals surface area contributed by atoms with Gasteiger partial charge in [0, 0.05) is 18.4 Å². The highest BCUT2D eigenvalue weighted by Gasteiger charge is 2.10. The maximum atomic E-state index is 12.1. The monoisotopic (exact) mass is 270 g/mol. The summed E-state index contributed by atoms with van der Waals surface area (Å²) in [6.07, 6.45) is 2.60. The molecule has 4 heteroatoms. The van der Waals surface area contributed by atoms with Crippen LogP contribution in [0.4, 0.5) is 0 Å². The number of nitrogens with zero attached hydrogens (tertiary/aromatic N) is 1. The van der Waals surface area contributed by atoms with Gasteiger partial charge in [0.1, 0.15) is 5.75 Å². The lowest BCUT2D eigenvalue weighted by molar-refractivity contribution is 0.0951. The number of aryl methyl sites for hydroxylation is 1. The summed E-state index contributed by atoms with van der Waals surface area (Å²) in [5.74, 6) is 0.463. The number of pyridine rings is 1. The Morgan fingerprint density at radius 2 is 2.05 bits per heavy atom. The van der Waals surface area contributed by atoms with E-state index in [4.69, 9.17) is 4.74 Å². The number of carbonyl (C=O) groups is 1. The van der Waals surface area contributed by atoms with E-state index in [-0.39, 0.29) is 5.91 Å². The molecule has 0 unspecified atom stereocenters. The first-order valence-electron chi connectivity index (χ1n) is 6.53. The molecule has 0 aliphatic carbocycles. The number of ether oxygens (including phenoxy) is 1. The molecule has 4 nitrogen and oxygen atoms in total.